The molecular formula is C37H53ClN8O4. The number of halogens is 1. The van der Waals surface area contributed by atoms with Gasteiger partial charge >= 0.3 is 6.09 Å². The number of carbonyl (C=O) groups is 3. The number of benzene rings is 2. The monoisotopic (exact) mass is 708 g/mol. The van der Waals surface area contributed by atoms with Crippen LogP contribution >= 0.6 is 12.4 Å². The summed E-state index contributed by atoms with van der Waals surface area (Å²) in [6, 6.07) is 14.8. The third-order valence-electron chi connectivity index (χ3n) is 7.42. The SMILES string of the molecule is CCCCCCC(=O)Nc1ccc(-c2cnc(N)[nH]2)cc1.CCCCCCC(=O)Nc1ccc(-c2cnc(N)n2C(=O)OC(C)(C)C)cc1.Cl. The van der Waals surface area contributed by atoms with Gasteiger partial charge < -0.3 is 31.8 Å². The van der Waals surface area contributed by atoms with Crippen LogP contribution in [0.4, 0.5) is 28.1 Å². The number of imidazole rings is 2. The summed E-state index contributed by atoms with van der Waals surface area (Å²) < 4.78 is 6.65. The van der Waals surface area contributed by atoms with Crippen molar-refractivity contribution >= 4 is 53.6 Å². The molecule has 2 aromatic heterocycles. The first-order valence-electron chi connectivity index (χ1n) is 17.1. The van der Waals surface area contributed by atoms with E-state index in [-0.39, 0.29) is 30.2 Å². The van der Waals surface area contributed by atoms with Crippen LogP contribution < -0.4 is 22.1 Å². The quantitative estimate of drug-likeness (QED) is 0.0805. The summed E-state index contributed by atoms with van der Waals surface area (Å²) in [6.45, 7) is 9.67. The lowest BCUT2D eigenvalue weighted by atomic mass is 10.1. The first-order chi connectivity index (χ1) is 23.4. The minimum absolute atomic E-state index is 0. The largest absolute Gasteiger partial charge is 0.443 e. The summed E-state index contributed by atoms with van der Waals surface area (Å²) in [5, 5.41) is 5.81. The number of aromatic nitrogens is 4. The van der Waals surface area contributed by atoms with Crippen molar-refractivity contribution in [3.63, 3.8) is 0 Å². The van der Waals surface area contributed by atoms with Gasteiger partial charge in [-0.05, 0) is 63.4 Å². The van der Waals surface area contributed by atoms with Crippen molar-refractivity contribution in [2.24, 2.45) is 0 Å². The number of hydrogen-bond donors (Lipinski definition) is 5. The molecule has 0 fully saturated rings. The van der Waals surface area contributed by atoms with E-state index in [0.29, 0.717) is 30.2 Å². The van der Waals surface area contributed by atoms with Gasteiger partial charge in [-0.2, -0.15) is 0 Å². The summed E-state index contributed by atoms with van der Waals surface area (Å²) in [5.74, 6) is 0.541. The Kier molecular flexibility index (Phi) is 17.0. The maximum atomic E-state index is 12.5. The predicted octanol–water partition coefficient (Wildman–Crippen LogP) is 8.81. The molecule has 7 N–H and O–H groups in total. The predicted molar refractivity (Wildman–Crippen MR) is 204 cm³/mol. The van der Waals surface area contributed by atoms with Crippen molar-refractivity contribution in [1.82, 2.24) is 19.5 Å². The Labute approximate surface area is 301 Å². The van der Waals surface area contributed by atoms with Crippen LogP contribution in [0.15, 0.2) is 60.9 Å². The van der Waals surface area contributed by atoms with E-state index in [1.165, 1.54) is 23.6 Å². The second-order valence-corrected chi connectivity index (χ2v) is 12.9. The summed E-state index contributed by atoms with van der Waals surface area (Å²) in [7, 11) is 0. The summed E-state index contributed by atoms with van der Waals surface area (Å²) in [6.07, 6.45) is 12.4. The second-order valence-electron chi connectivity index (χ2n) is 12.9. The molecule has 272 valence electrons. The Balaban J connectivity index is 0.000000353. The van der Waals surface area contributed by atoms with Crippen LogP contribution in [0.2, 0.25) is 0 Å². The molecular weight excluding hydrogens is 656 g/mol. The van der Waals surface area contributed by atoms with Gasteiger partial charge in [0.1, 0.15) is 5.60 Å². The molecule has 0 saturated heterocycles. The van der Waals surface area contributed by atoms with Gasteiger partial charge in [0.15, 0.2) is 5.95 Å². The smallest absolute Gasteiger partial charge is 0.421 e. The average Bonchev–Trinajstić information content (AvgIpc) is 3.67. The molecule has 0 saturated carbocycles. The first kappa shape index (κ1) is 41.3. The van der Waals surface area contributed by atoms with Crippen LogP contribution in [0.3, 0.4) is 0 Å². The molecule has 0 atom stereocenters. The first-order valence-corrected chi connectivity index (χ1v) is 17.1. The number of unbranched alkanes of at least 4 members (excludes halogenated alkanes) is 6. The van der Waals surface area contributed by atoms with Gasteiger partial charge in [-0.1, -0.05) is 76.6 Å². The fourth-order valence-electron chi connectivity index (χ4n) is 4.88. The molecule has 0 spiro atoms. The van der Waals surface area contributed by atoms with E-state index in [4.69, 9.17) is 16.2 Å². The van der Waals surface area contributed by atoms with Crippen LogP contribution in [0.5, 0.6) is 0 Å². The van der Waals surface area contributed by atoms with Gasteiger partial charge in [0.05, 0.1) is 23.8 Å². The maximum Gasteiger partial charge on any atom is 0.421 e. The maximum absolute atomic E-state index is 12.5. The Morgan fingerprint density at radius 3 is 1.68 bits per heavy atom. The van der Waals surface area contributed by atoms with Crippen molar-refractivity contribution in [2.45, 2.75) is 104 Å². The van der Waals surface area contributed by atoms with Gasteiger partial charge in [0, 0.05) is 29.8 Å². The molecule has 12 nitrogen and oxygen atoms in total. The lowest BCUT2D eigenvalue weighted by Gasteiger charge is -2.20. The standard InChI is InChI=1S/C21H30N4O3.C16H22N4O.ClH/c1-5-6-7-8-9-18(26)24-16-12-10-15(11-13-16)17-14-23-19(22)25(17)20(27)28-21(2,3)4;1-2-3-4-5-6-15(21)19-13-9-7-12(8-10-13)14-11-18-16(17)20-14;/h10-14H,5-9H2,1-4H3,(H2,22,23)(H,24,26);7-11H,2-6H2,1H3,(H,19,21)(H3,17,18,20);1H. The second kappa shape index (κ2) is 20.6. The molecule has 0 aliphatic heterocycles. The topological polar surface area (TPSA) is 183 Å². The number of carbonyl (C=O) groups excluding carboxylic acids is 3. The molecule has 4 rings (SSSR count). The normalized spacial score (nSPS) is 10.7. The molecule has 4 aromatic rings. The van der Waals surface area contributed by atoms with E-state index in [1.807, 2.05) is 36.4 Å². The fourth-order valence-corrected chi connectivity index (χ4v) is 4.88. The zero-order chi connectivity index (χ0) is 35.8. The van der Waals surface area contributed by atoms with Gasteiger partial charge in [-0.25, -0.2) is 19.3 Å². The Hall–Kier alpha value is -4.84. The number of ether oxygens (including phenoxy) is 1. The molecule has 2 amide bonds. The van der Waals surface area contributed by atoms with Crippen LogP contribution in [0.1, 0.15) is 98.8 Å². The number of nitrogens with zero attached hydrogens (tertiary/aromatic N) is 3. The summed E-state index contributed by atoms with van der Waals surface area (Å²) in [5.41, 5.74) is 15.4. The average molecular weight is 709 g/mol. The van der Waals surface area contributed by atoms with E-state index >= 15 is 0 Å². The van der Waals surface area contributed by atoms with Crippen molar-refractivity contribution in [2.75, 3.05) is 22.1 Å². The number of H-pyrrole nitrogens is 1. The van der Waals surface area contributed by atoms with Crippen LogP contribution in [-0.4, -0.2) is 43.0 Å². The number of nitrogens with one attached hydrogen (secondary N) is 3. The van der Waals surface area contributed by atoms with Crippen molar-refractivity contribution in [3.8, 4) is 22.5 Å². The summed E-state index contributed by atoms with van der Waals surface area (Å²) >= 11 is 0. The van der Waals surface area contributed by atoms with Crippen molar-refractivity contribution in [3.05, 3.63) is 60.9 Å². The Morgan fingerprint density at radius 1 is 0.740 bits per heavy atom. The van der Waals surface area contributed by atoms with E-state index in [0.717, 1.165) is 61.0 Å². The number of aromatic amines is 1. The molecule has 2 heterocycles. The fraction of sp³-hybridized carbons (Fsp3) is 0.432. The number of amides is 2. The Morgan fingerprint density at radius 2 is 1.24 bits per heavy atom. The molecule has 0 aliphatic carbocycles. The van der Waals surface area contributed by atoms with E-state index in [2.05, 4.69) is 39.4 Å². The molecule has 0 unspecified atom stereocenters. The van der Waals surface area contributed by atoms with Crippen LogP contribution in [0.25, 0.3) is 22.5 Å². The number of nitrogen functional groups attached to an aromatic ring is 2. The lowest BCUT2D eigenvalue weighted by molar-refractivity contribution is -0.117. The molecule has 50 heavy (non-hydrogen) atoms. The minimum Gasteiger partial charge on any atom is -0.443 e. The van der Waals surface area contributed by atoms with Crippen LogP contribution in [0, 0.1) is 0 Å². The molecule has 13 heteroatoms. The van der Waals surface area contributed by atoms with Gasteiger partial charge in [0.25, 0.3) is 0 Å². The summed E-state index contributed by atoms with van der Waals surface area (Å²) in [4.78, 5) is 47.2. The minimum atomic E-state index is -0.643. The molecule has 0 aliphatic rings. The number of nitrogens with two attached hydrogens (primary N) is 2. The highest BCUT2D eigenvalue weighted by molar-refractivity contribution is 5.91. The zero-order valence-corrected chi connectivity index (χ0v) is 30.7. The van der Waals surface area contributed by atoms with E-state index in [1.54, 1.807) is 39.1 Å². The van der Waals surface area contributed by atoms with Crippen LogP contribution in [-0.2, 0) is 14.3 Å². The molecule has 0 bridgehead atoms. The number of hydrogen-bond acceptors (Lipinski definition) is 8. The van der Waals surface area contributed by atoms with Gasteiger partial charge in [0.2, 0.25) is 17.8 Å². The highest BCUT2D eigenvalue weighted by Gasteiger charge is 2.23. The lowest BCUT2D eigenvalue weighted by Crippen LogP contribution is -2.28. The van der Waals surface area contributed by atoms with Crippen molar-refractivity contribution < 1.29 is 19.1 Å². The Bertz CT molecular complexity index is 1630. The third-order valence-corrected chi connectivity index (χ3v) is 7.42. The van der Waals surface area contributed by atoms with E-state index < -0.39 is 11.7 Å². The zero-order valence-electron chi connectivity index (χ0n) is 29.9. The highest BCUT2D eigenvalue weighted by atomic mass is 35.5. The van der Waals surface area contributed by atoms with Gasteiger partial charge in [-0.3, -0.25) is 9.59 Å². The van der Waals surface area contributed by atoms with E-state index in [9.17, 15) is 14.4 Å². The highest BCUT2D eigenvalue weighted by Crippen LogP contribution is 2.25. The number of anilines is 4. The third kappa shape index (κ3) is 13.9. The number of rotatable bonds is 14. The van der Waals surface area contributed by atoms with Crippen molar-refractivity contribution in [1.29, 1.82) is 0 Å². The molecule has 0 radical (unpaired) electrons. The van der Waals surface area contributed by atoms with Gasteiger partial charge in [-0.15, -0.1) is 12.4 Å². The molecule has 2 aromatic carbocycles.